The third-order valence-corrected chi connectivity index (χ3v) is 4.13. The van der Waals surface area contributed by atoms with Crippen LogP contribution in [0.5, 0.6) is 5.75 Å². The molecule has 4 heteroatoms. The molecule has 0 saturated carbocycles. The number of carbonyl (C=O) groups is 1. The molecule has 1 unspecified atom stereocenters. The van der Waals surface area contributed by atoms with E-state index < -0.39 is 0 Å². The lowest BCUT2D eigenvalue weighted by molar-refractivity contribution is -0.123. The Labute approximate surface area is 147 Å². The second kappa shape index (κ2) is 8.31. The Morgan fingerprint density at radius 1 is 0.960 bits per heavy atom. The molecular weight excluding hydrogens is 314 g/mol. The Morgan fingerprint density at radius 2 is 1.68 bits per heavy atom. The summed E-state index contributed by atoms with van der Waals surface area (Å²) in [6.45, 7) is 0.307. The van der Waals surface area contributed by atoms with Gasteiger partial charge in [-0.1, -0.05) is 60.7 Å². The van der Waals surface area contributed by atoms with Crippen LogP contribution in [0.25, 0.3) is 10.8 Å². The zero-order valence-electron chi connectivity index (χ0n) is 13.9. The van der Waals surface area contributed by atoms with Gasteiger partial charge in [0.25, 0.3) is 5.91 Å². The summed E-state index contributed by atoms with van der Waals surface area (Å²) < 4.78 is 5.57. The molecule has 0 aliphatic heterocycles. The first-order chi connectivity index (χ1) is 12.3. The fourth-order valence-corrected chi connectivity index (χ4v) is 2.71. The van der Waals surface area contributed by atoms with Crippen LogP contribution in [-0.4, -0.2) is 30.8 Å². The number of amides is 1. The van der Waals surface area contributed by atoms with Crippen molar-refractivity contribution in [1.29, 1.82) is 0 Å². The van der Waals surface area contributed by atoms with Gasteiger partial charge in [-0.3, -0.25) is 4.79 Å². The van der Waals surface area contributed by atoms with E-state index in [0.29, 0.717) is 12.3 Å². The Hall–Kier alpha value is -2.85. The molecule has 0 radical (unpaired) electrons. The van der Waals surface area contributed by atoms with Crippen molar-refractivity contribution in [3.8, 4) is 5.75 Å². The number of hydrogen-bond acceptors (Lipinski definition) is 3. The van der Waals surface area contributed by atoms with Crippen LogP contribution in [0.3, 0.4) is 0 Å². The first-order valence-electron chi connectivity index (χ1n) is 8.30. The Kier molecular flexibility index (Phi) is 5.65. The number of aliphatic hydroxyl groups excluding tert-OH is 1. The minimum atomic E-state index is -0.206. The van der Waals surface area contributed by atoms with Gasteiger partial charge in [0.15, 0.2) is 6.61 Å². The van der Waals surface area contributed by atoms with Crippen LogP contribution in [0.4, 0.5) is 0 Å². The van der Waals surface area contributed by atoms with Crippen molar-refractivity contribution in [1.82, 2.24) is 5.32 Å². The molecule has 1 atom stereocenters. The van der Waals surface area contributed by atoms with Crippen LogP contribution < -0.4 is 10.1 Å². The van der Waals surface area contributed by atoms with E-state index in [-0.39, 0.29) is 25.0 Å². The smallest absolute Gasteiger partial charge is 0.257 e. The first-order valence-corrected chi connectivity index (χ1v) is 8.30. The lowest BCUT2D eigenvalue weighted by Gasteiger charge is -2.15. The molecule has 4 nitrogen and oxygen atoms in total. The van der Waals surface area contributed by atoms with Gasteiger partial charge in [0.05, 0.1) is 6.61 Å². The van der Waals surface area contributed by atoms with E-state index in [4.69, 9.17) is 4.74 Å². The average molecular weight is 335 g/mol. The number of ether oxygens (including phenoxy) is 1. The monoisotopic (exact) mass is 335 g/mol. The summed E-state index contributed by atoms with van der Waals surface area (Å²) in [6, 6.07) is 23.4. The maximum Gasteiger partial charge on any atom is 0.257 e. The minimum absolute atomic E-state index is 0.0180. The number of carbonyl (C=O) groups excluding carboxylic acids is 1. The van der Waals surface area contributed by atoms with E-state index in [0.717, 1.165) is 16.3 Å². The van der Waals surface area contributed by atoms with E-state index in [1.165, 1.54) is 0 Å². The van der Waals surface area contributed by atoms with Crippen LogP contribution in [0.2, 0.25) is 0 Å². The van der Waals surface area contributed by atoms with Crippen LogP contribution in [0.1, 0.15) is 11.5 Å². The van der Waals surface area contributed by atoms with E-state index in [1.807, 2.05) is 72.8 Å². The Balaban J connectivity index is 1.51. The largest absolute Gasteiger partial charge is 0.484 e. The van der Waals surface area contributed by atoms with Crippen molar-refractivity contribution in [2.24, 2.45) is 0 Å². The number of hydrogen-bond donors (Lipinski definition) is 2. The van der Waals surface area contributed by atoms with Crippen LogP contribution in [-0.2, 0) is 4.79 Å². The normalized spacial score (nSPS) is 11.9. The van der Waals surface area contributed by atoms with Crippen molar-refractivity contribution in [2.45, 2.75) is 5.92 Å². The molecule has 0 fully saturated rings. The fraction of sp³-hybridized carbons (Fsp3) is 0.190. The van der Waals surface area contributed by atoms with E-state index in [9.17, 15) is 9.90 Å². The van der Waals surface area contributed by atoms with Gasteiger partial charge in [0, 0.05) is 12.5 Å². The summed E-state index contributed by atoms with van der Waals surface area (Å²) in [5.74, 6) is 0.337. The van der Waals surface area contributed by atoms with Gasteiger partial charge in [-0.25, -0.2) is 0 Å². The maximum absolute atomic E-state index is 12.0. The highest BCUT2D eigenvalue weighted by molar-refractivity contribution is 5.84. The van der Waals surface area contributed by atoms with Gasteiger partial charge in [-0.2, -0.15) is 0 Å². The predicted octanol–water partition coefficient (Wildman–Crippen LogP) is 3.11. The predicted molar refractivity (Wildman–Crippen MR) is 98.7 cm³/mol. The molecule has 0 aliphatic rings. The molecule has 0 aliphatic carbocycles. The highest BCUT2D eigenvalue weighted by atomic mass is 16.5. The zero-order valence-corrected chi connectivity index (χ0v) is 13.9. The third-order valence-electron chi connectivity index (χ3n) is 4.13. The topological polar surface area (TPSA) is 58.6 Å². The Morgan fingerprint density at radius 3 is 2.44 bits per heavy atom. The molecule has 0 bridgehead atoms. The van der Waals surface area contributed by atoms with Crippen molar-refractivity contribution in [3.05, 3.63) is 78.4 Å². The van der Waals surface area contributed by atoms with Gasteiger partial charge in [-0.05, 0) is 28.5 Å². The third kappa shape index (κ3) is 4.58. The quantitative estimate of drug-likeness (QED) is 0.697. The van der Waals surface area contributed by atoms with Crippen molar-refractivity contribution >= 4 is 16.7 Å². The first kappa shape index (κ1) is 17.0. The van der Waals surface area contributed by atoms with Gasteiger partial charge in [0.2, 0.25) is 0 Å². The lowest BCUT2D eigenvalue weighted by Crippen LogP contribution is -2.33. The molecule has 0 spiro atoms. The van der Waals surface area contributed by atoms with Crippen LogP contribution >= 0.6 is 0 Å². The molecule has 128 valence electrons. The molecule has 3 aromatic rings. The van der Waals surface area contributed by atoms with Crippen molar-refractivity contribution in [2.75, 3.05) is 19.8 Å². The van der Waals surface area contributed by atoms with Gasteiger partial charge in [-0.15, -0.1) is 0 Å². The molecule has 3 rings (SSSR count). The molecule has 2 N–H and O–H groups in total. The minimum Gasteiger partial charge on any atom is -0.484 e. The average Bonchev–Trinajstić information content (AvgIpc) is 2.67. The van der Waals surface area contributed by atoms with Crippen molar-refractivity contribution in [3.63, 3.8) is 0 Å². The highest BCUT2D eigenvalue weighted by Crippen LogP contribution is 2.20. The lowest BCUT2D eigenvalue weighted by atomic mass is 10.0. The summed E-state index contributed by atoms with van der Waals surface area (Å²) in [5, 5.41) is 14.5. The second-order valence-corrected chi connectivity index (χ2v) is 5.89. The van der Waals surface area contributed by atoms with E-state index in [2.05, 4.69) is 5.32 Å². The summed E-state index contributed by atoms with van der Waals surface area (Å²) in [7, 11) is 0. The van der Waals surface area contributed by atoms with Crippen LogP contribution in [0, 0.1) is 0 Å². The molecule has 25 heavy (non-hydrogen) atoms. The molecule has 3 aromatic carbocycles. The maximum atomic E-state index is 12.0. The summed E-state index contributed by atoms with van der Waals surface area (Å²) in [6.07, 6.45) is 0. The second-order valence-electron chi connectivity index (χ2n) is 5.89. The van der Waals surface area contributed by atoms with E-state index >= 15 is 0 Å². The zero-order chi connectivity index (χ0) is 17.5. The number of rotatable bonds is 7. The summed E-state index contributed by atoms with van der Waals surface area (Å²) >= 11 is 0. The molecule has 0 aromatic heterocycles. The van der Waals surface area contributed by atoms with Gasteiger partial charge in [0.1, 0.15) is 5.75 Å². The molecule has 0 saturated heterocycles. The molecular formula is C21H21NO3. The molecule has 1 amide bonds. The number of benzene rings is 3. The standard InChI is InChI=1S/C21H21NO3/c23-14-19(16-6-2-1-3-7-16)13-22-21(24)15-25-20-11-10-17-8-4-5-9-18(17)12-20/h1-12,19,23H,13-15H2,(H,22,24). The fourth-order valence-electron chi connectivity index (χ4n) is 2.71. The van der Waals surface area contributed by atoms with E-state index in [1.54, 1.807) is 0 Å². The SMILES string of the molecule is O=C(COc1ccc2ccccc2c1)NCC(CO)c1ccccc1. The Bertz CT molecular complexity index is 833. The van der Waals surface area contributed by atoms with Crippen molar-refractivity contribution < 1.29 is 14.6 Å². The number of aliphatic hydroxyl groups is 1. The van der Waals surface area contributed by atoms with Gasteiger partial charge >= 0.3 is 0 Å². The number of nitrogens with one attached hydrogen (secondary N) is 1. The summed E-state index contributed by atoms with van der Waals surface area (Å²) in [4.78, 5) is 12.0. The van der Waals surface area contributed by atoms with Gasteiger partial charge < -0.3 is 15.2 Å². The molecule has 0 heterocycles. The highest BCUT2D eigenvalue weighted by Gasteiger charge is 2.12. The van der Waals surface area contributed by atoms with Crippen LogP contribution in [0.15, 0.2) is 72.8 Å². The number of fused-ring (bicyclic) bond motifs is 1. The summed E-state index contributed by atoms with van der Waals surface area (Å²) in [5.41, 5.74) is 1.00.